The van der Waals surface area contributed by atoms with E-state index in [0.717, 1.165) is 0 Å². The highest BCUT2D eigenvalue weighted by Crippen LogP contribution is 2.56. The Morgan fingerprint density at radius 3 is 2.18 bits per heavy atom. The minimum absolute atomic E-state index is 0.222. The Morgan fingerprint density at radius 2 is 1.45 bits per heavy atom. The maximum Gasteiger partial charge on any atom is 0.0215 e. The lowest BCUT2D eigenvalue weighted by atomic mass is 9.67. The van der Waals surface area contributed by atoms with Gasteiger partial charge in [-0.1, -0.05) is 82.5 Å². The van der Waals surface area contributed by atoms with Crippen molar-refractivity contribution < 1.29 is 0 Å². The zero-order valence-corrected chi connectivity index (χ0v) is 14.1. The summed E-state index contributed by atoms with van der Waals surface area (Å²) in [6.07, 6.45) is 6.79. The minimum atomic E-state index is 0.222. The van der Waals surface area contributed by atoms with E-state index in [1.165, 1.54) is 48.8 Å². The van der Waals surface area contributed by atoms with E-state index in [2.05, 4.69) is 63.2 Å². The fourth-order valence-electron chi connectivity index (χ4n) is 4.62. The van der Waals surface area contributed by atoms with Crippen LogP contribution >= 0.6 is 0 Å². The van der Waals surface area contributed by atoms with Crippen molar-refractivity contribution >= 4 is 0 Å². The van der Waals surface area contributed by atoms with Crippen LogP contribution in [-0.4, -0.2) is 0 Å². The summed E-state index contributed by atoms with van der Waals surface area (Å²) in [6.45, 7) is 6.97. The van der Waals surface area contributed by atoms with Crippen LogP contribution in [0.3, 0.4) is 0 Å². The third kappa shape index (κ3) is 1.89. The van der Waals surface area contributed by atoms with E-state index in [1.807, 2.05) is 0 Å². The lowest BCUT2D eigenvalue weighted by molar-refractivity contribution is 0.352. The Bertz CT molecular complexity index is 709. The van der Waals surface area contributed by atoms with Crippen LogP contribution in [0.25, 0.3) is 11.1 Å². The molecule has 2 aromatic rings. The summed E-state index contributed by atoms with van der Waals surface area (Å²) in [5.74, 6) is 0. The Balaban J connectivity index is 1.97. The number of rotatable bonds is 0. The summed E-state index contributed by atoms with van der Waals surface area (Å²) in [5.41, 5.74) is 8.18. The number of fused-ring (bicyclic) bond motifs is 5. The standard InChI is InChI=1S/C22H26/c1-21(2,3)16-11-12-18-17-9-5-6-10-19(17)22(20(18)15-16)13-7-4-8-14-22/h5-6,9-12,15H,4,7-8,13-14H2,1-3H3. The van der Waals surface area contributed by atoms with Crippen LogP contribution in [0, 0.1) is 0 Å². The second-order valence-electron chi connectivity index (χ2n) is 8.20. The van der Waals surface area contributed by atoms with E-state index < -0.39 is 0 Å². The molecule has 2 aliphatic carbocycles. The van der Waals surface area contributed by atoms with Crippen molar-refractivity contribution in [1.29, 1.82) is 0 Å². The number of hydrogen-bond acceptors (Lipinski definition) is 0. The van der Waals surface area contributed by atoms with Crippen LogP contribution in [0.4, 0.5) is 0 Å². The van der Waals surface area contributed by atoms with E-state index in [0.29, 0.717) is 5.41 Å². The zero-order valence-electron chi connectivity index (χ0n) is 14.1. The topological polar surface area (TPSA) is 0 Å². The third-order valence-corrected chi connectivity index (χ3v) is 5.84. The molecule has 0 heterocycles. The maximum absolute atomic E-state index is 2.53. The highest BCUT2D eigenvalue weighted by Gasteiger charge is 2.43. The van der Waals surface area contributed by atoms with Gasteiger partial charge in [0.05, 0.1) is 0 Å². The Labute approximate surface area is 134 Å². The molecule has 0 nitrogen and oxygen atoms in total. The van der Waals surface area contributed by atoms with Crippen molar-refractivity contribution in [2.24, 2.45) is 0 Å². The minimum Gasteiger partial charge on any atom is -0.0619 e. The predicted molar refractivity (Wildman–Crippen MR) is 94.4 cm³/mol. The molecule has 2 aliphatic rings. The van der Waals surface area contributed by atoms with Gasteiger partial charge in [-0.25, -0.2) is 0 Å². The highest BCUT2D eigenvalue weighted by molar-refractivity contribution is 5.81. The van der Waals surface area contributed by atoms with Crippen molar-refractivity contribution in [3.8, 4) is 11.1 Å². The van der Waals surface area contributed by atoms with Crippen LogP contribution < -0.4 is 0 Å². The molecule has 0 radical (unpaired) electrons. The lowest BCUT2D eigenvalue weighted by Gasteiger charge is -2.36. The quantitative estimate of drug-likeness (QED) is 0.540. The normalized spacial score (nSPS) is 19.0. The first-order valence-electron chi connectivity index (χ1n) is 8.77. The van der Waals surface area contributed by atoms with Crippen molar-refractivity contribution in [2.45, 2.75) is 63.7 Å². The molecular weight excluding hydrogens is 264 g/mol. The fraction of sp³-hybridized carbons (Fsp3) is 0.455. The van der Waals surface area contributed by atoms with Gasteiger partial charge >= 0.3 is 0 Å². The van der Waals surface area contributed by atoms with E-state index in [1.54, 1.807) is 11.1 Å². The van der Waals surface area contributed by atoms with Crippen molar-refractivity contribution in [1.82, 2.24) is 0 Å². The molecule has 4 rings (SSSR count). The Morgan fingerprint density at radius 1 is 0.773 bits per heavy atom. The molecule has 1 spiro atoms. The van der Waals surface area contributed by atoms with Crippen molar-refractivity contribution in [3.63, 3.8) is 0 Å². The maximum atomic E-state index is 2.53. The average Bonchev–Trinajstić information content (AvgIpc) is 2.78. The van der Waals surface area contributed by atoms with Crippen LogP contribution in [0.1, 0.15) is 69.6 Å². The van der Waals surface area contributed by atoms with Crippen molar-refractivity contribution in [2.75, 3.05) is 0 Å². The molecular formula is C22H26. The number of benzene rings is 2. The van der Waals surface area contributed by atoms with Crippen LogP contribution in [0.2, 0.25) is 0 Å². The van der Waals surface area contributed by atoms with Gasteiger partial charge in [0, 0.05) is 5.41 Å². The smallest absolute Gasteiger partial charge is 0.0215 e. The van der Waals surface area contributed by atoms with E-state index in [4.69, 9.17) is 0 Å². The van der Waals surface area contributed by atoms with Gasteiger partial charge in [-0.05, 0) is 46.1 Å². The predicted octanol–water partition coefficient (Wildman–Crippen LogP) is 6.21. The average molecular weight is 290 g/mol. The van der Waals surface area contributed by atoms with Gasteiger partial charge in [-0.2, -0.15) is 0 Å². The SMILES string of the molecule is CC(C)(C)c1ccc2c(c1)C1(CCCCC1)c1ccccc1-2. The van der Waals surface area contributed by atoms with Gasteiger partial charge in [-0.15, -0.1) is 0 Å². The Kier molecular flexibility index (Phi) is 3.01. The molecule has 0 unspecified atom stereocenters. The molecule has 0 aliphatic heterocycles. The molecule has 22 heavy (non-hydrogen) atoms. The fourth-order valence-corrected chi connectivity index (χ4v) is 4.62. The van der Waals surface area contributed by atoms with Crippen LogP contribution in [0.5, 0.6) is 0 Å². The largest absolute Gasteiger partial charge is 0.0619 e. The monoisotopic (exact) mass is 290 g/mol. The van der Waals surface area contributed by atoms with Gasteiger partial charge in [0.2, 0.25) is 0 Å². The first-order valence-corrected chi connectivity index (χ1v) is 8.77. The summed E-state index contributed by atoms with van der Waals surface area (Å²) in [4.78, 5) is 0. The molecule has 0 saturated heterocycles. The van der Waals surface area contributed by atoms with Gasteiger partial charge in [0.15, 0.2) is 0 Å². The van der Waals surface area contributed by atoms with Gasteiger partial charge < -0.3 is 0 Å². The van der Waals surface area contributed by atoms with Gasteiger partial charge in [0.25, 0.3) is 0 Å². The Hall–Kier alpha value is -1.56. The van der Waals surface area contributed by atoms with Gasteiger partial charge in [0.1, 0.15) is 0 Å². The summed E-state index contributed by atoms with van der Waals surface area (Å²) < 4.78 is 0. The molecule has 1 saturated carbocycles. The second kappa shape index (κ2) is 4.72. The number of hydrogen-bond donors (Lipinski definition) is 0. The molecule has 0 heteroatoms. The molecule has 0 atom stereocenters. The third-order valence-electron chi connectivity index (χ3n) is 5.84. The lowest BCUT2D eigenvalue weighted by Crippen LogP contribution is -2.28. The molecule has 2 aromatic carbocycles. The zero-order chi connectivity index (χ0) is 15.4. The summed E-state index contributed by atoms with van der Waals surface area (Å²) in [6, 6.07) is 16.4. The first-order chi connectivity index (χ1) is 10.5. The van der Waals surface area contributed by atoms with E-state index in [9.17, 15) is 0 Å². The van der Waals surface area contributed by atoms with Gasteiger partial charge in [-0.3, -0.25) is 0 Å². The second-order valence-corrected chi connectivity index (χ2v) is 8.20. The molecule has 1 fully saturated rings. The molecule has 0 N–H and O–H groups in total. The van der Waals surface area contributed by atoms with E-state index >= 15 is 0 Å². The molecule has 0 bridgehead atoms. The van der Waals surface area contributed by atoms with E-state index in [-0.39, 0.29) is 5.41 Å². The first kappa shape index (κ1) is 14.1. The van der Waals surface area contributed by atoms with Crippen LogP contribution in [0.15, 0.2) is 42.5 Å². The summed E-state index contributed by atoms with van der Waals surface area (Å²) >= 11 is 0. The molecule has 0 amide bonds. The summed E-state index contributed by atoms with van der Waals surface area (Å²) in [7, 11) is 0. The van der Waals surface area contributed by atoms with Crippen LogP contribution in [-0.2, 0) is 10.8 Å². The van der Waals surface area contributed by atoms with Crippen molar-refractivity contribution in [3.05, 3.63) is 59.2 Å². The highest BCUT2D eigenvalue weighted by atomic mass is 14.5. The summed E-state index contributed by atoms with van der Waals surface area (Å²) in [5, 5.41) is 0. The molecule has 114 valence electrons. The molecule has 0 aromatic heterocycles.